The van der Waals surface area contributed by atoms with E-state index in [4.69, 9.17) is 14.2 Å². The monoisotopic (exact) mass is 572 g/mol. The summed E-state index contributed by atoms with van der Waals surface area (Å²) in [5, 5.41) is 7.04. The van der Waals surface area contributed by atoms with E-state index in [1.165, 1.54) is 43.7 Å². The number of amides is 2. The number of carbonyl (C=O) groups excluding carboxylic acids is 1. The first-order chi connectivity index (χ1) is 20.6. The van der Waals surface area contributed by atoms with E-state index in [-0.39, 0.29) is 11.4 Å². The Kier molecular flexibility index (Phi) is 9.73. The summed E-state index contributed by atoms with van der Waals surface area (Å²) in [6.45, 7) is 3.89. The predicted octanol–water partition coefficient (Wildman–Crippen LogP) is 5.98. The van der Waals surface area contributed by atoms with Crippen molar-refractivity contribution in [1.82, 2.24) is 20.3 Å². The second-order valence-corrected chi connectivity index (χ2v) is 9.79. The van der Waals surface area contributed by atoms with Crippen molar-refractivity contribution in [1.29, 1.82) is 0 Å². The number of pyridine rings is 2. The topological polar surface area (TPSA) is 110 Å². The van der Waals surface area contributed by atoms with Crippen LogP contribution in [0.1, 0.15) is 31.2 Å². The fourth-order valence-corrected chi connectivity index (χ4v) is 4.70. The van der Waals surface area contributed by atoms with E-state index >= 15 is 0 Å². The van der Waals surface area contributed by atoms with Crippen LogP contribution in [-0.4, -0.2) is 60.5 Å². The summed E-state index contributed by atoms with van der Waals surface area (Å²) in [6, 6.07) is 12.2. The quantitative estimate of drug-likeness (QED) is 0.129. The fraction of sp³-hybridized carbons (Fsp3) is 0.290. The molecule has 0 saturated carbocycles. The van der Waals surface area contributed by atoms with Gasteiger partial charge in [0, 0.05) is 48.3 Å². The normalized spacial score (nSPS) is 13.7. The Hall–Kier alpha value is -4.77. The molecule has 2 aromatic carbocycles. The van der Waals surface area contributed by atoms with Gasteiger partial charge in [0.25, 0.3) is 0 Å². The van der Waals surface area contributed by atoms with Gasteiger partial charge in [0.05, 0.1) is 25.4 Å². The average Bonchev–Trinajstić information content (AvgIpc) is 3.01. The molecule has 0 bridgehead atoms. The summed E-state index contributed by atoms with van der Waals surface area (Å²) in [5.41, 5.74) is 3.97. The van der Waals surface area contributed by atoms with Crippen LogP contribution in [0.3, 0.4) is 0 Å². The van der Waals surface area contributed by atoms with Gasteiger partial charge in [-0.05, 0) is 74.3 Å². The third kappa shape index (κ3) is 7.70. The van der Waals surface area contributed by atoms with Crippen LogP contribution in [0.2, 0.25) is 0 Å². The number of fused-ring (bicyclic) bond motifs is 1. The van der Waals surface area contributed by atoms with Gasteiger partial charge < -0.3 is 24.4 Å². The van der Waals surface area contributed by atoms with Gasteiger partial charge in [-0.3, -0.25) is 9.97 Å². The number of halogens is 1. The number of hydrogen-bond donors (Lipinski definition) is 2. The zero-order valence-corrected chi connectivity index (χ0v) is 23.4. The molecule has 0 atom stereocenters. The third-order valence-corrected chi connectivity index (χ3v) is 6.81. The Morgan fingerprint density at radius 2 is 1.83 bits per heavy atom. The molecule has 2 amide bonds. The highest BCUT2D eigenvalue weighted by atomic mass is 19.1. The first-order valence-electron chi connectivity index (χ1n) is 13.9. The smallest absolute Gasteiger partial charge is 0.339 e. The number of piperidine rings is 1. The van der Waals surface area contributed by atoms with Crippen LogP contribution in [0, 0.1) is 5.82 Å². The van der Waals surface area contributed by atoms with Gasteiger partial charge in [-0.25, -0.2) is 14.6 Å². The number of carbonyl (C=O) groups is 1. The molecule has 1 saturated heterocycles. The Morgan fingerprint density at radius 1 is 1.00 bits per heavy atom. The lowest BCUT2D eigenvalue weighted by Gasteiger charge is -2.26. The molecular weight excluding hydrogens is 539 g/mol. The Bertz CT molecular complexity index is 1530. The van der Waals surface area contributed by atoms with E-state index in [1.807, 2.05) is 0 Å². The molecule has 0 radical (unpaired) electrons. The van der Waals surface area contributed by atoms with Crippen molar-refractivity contribution in [2.75, 3.05) is 38.7 Å². The summed E-state index contributed by atoms with van der Waals surface area (Å²) in [7, 11) is 1.57. The number of rotatable bonds is 11. The zero-order chi connectivity index (χ0) is 29.1. The van der Waals surface area contributed by atoms with Crippen LogP contribution in [0.15, 0.2) is 72.2 Å². The SMILES string of the molecule is COc1cc2c(Oc3ccc(NC(=O)N/N=C/c4ccncc4)cc3F)ccnc2cc1OCCCN1CCCCC1. The molecule has 5 rings (SSSR count). The van der Waals surface area contributed by atoms with E-state index in [0.717, 1.165) is 31.6 Å². The maximum Gasteiger partial charge on any atom is 0.339 e. The van der Waals surface area contributed by atoms with E-state index in [9.17, 15) is 9.18 Å². The lowest BCUT2D eigenvalue weighted by molar-refractivity contribution is 0.203. The molecule has 10 nitrogen and oxygen atoms in total. The number of benzene rings is 2. The minimum absolute atomic E-state index is 0.0128. The van der Waals surface area contributed by atoms with Crippen LogP contribution in [0.25, 0.3) is 10.9 Å². The maximum absolute atomic E-state index is 15.0. The van der Waals surface area contributed by atoms with E-state index in [2.05, 4.69) is 30.7 Å². The number of urea groups is 1. The number of aromatic nitrogens is 2. The molecule has 42 heavy (non-hydrogen) atoms. The standard InChI is InChI=1S/C31H33FN6O4/c1-40-29-19-24-26(20-30(29)41-17-5-16-38-14-3-2-4-15-38)34-13-10-27(24)42-28-7-6-23(18-25(28)32)36-31(39)37-35-21-22-8-11-33-12-9-22/h6-13,18-21H,2-5,14-17H2,1H3,(H2,36,37,39)/b35-21+. The molecule has 1 aliphatic rings. The number of nitrogens with one attached hydrogen (secondary N) is 2. The molecule has 2 aromatic heterocycles. The van der Waals surface area contributed by atoms with Crippen LogP contribution < -0.4 is 25.0 Å². The van der Waals surface area contributed by atoms with Gasteiger partial charge in [-0.2, -0.15) is 5.10 Å². The molecule has 4 aromatic rings. The molecule has 1 aliphatic heterocycles. The number of hydrogen-bond acceptors (Lipinski definition) is 8. The van der Waals surface area contributed by atoms with Crippen LogP contribution in [-0.2, 0) is 0 Å². The Balaban J connectivity index is 1.21. The van der Waals surface area contributed by atoms with Gasteiger partial charge in [-0.1, -0.05) is 6.42 Å². The molecule has 0 aliphatic carbocycles. The lowest BCUT2D eigenvalue weighted by Crippen LogP contribution is -2.31. The first-order valence-corrected chi connectivity index (χ1v) is 13.9. The highest BCUT2D eigenvalue weighted by Crippen LogP contribution is 2.38. The highest BCUT2D eigenvalue weighted by molar-refractivity contribution is 5.91. The van der Waals surface area contributed by atoms with Crippen LogP contribution >= 0.6 is 0 Å². The summed E-state index contributed by atoms with van der Waals surface area (Å²) in [4.78, 5) is 23.0. The van der Waals surface area contributed by atoms with Gasteiger partial charge in [0.15, 0.2) is 23.1 Å². The minimum Gasteiger partial charge on any atom is -0.493 e. The largest absolute Gasteiger partial charge is 0.493 e. The molecule has 218 valence electrons. The predicted molar refractivity (Wildman–Crippen MR) is 159 cm³/mol. The molecule has 1 fully saturated rings. The van der Waals surface area contributed by atoms with Crippen molar-refractivity contribution in [3.63, 3.8) is 0 Å². The number of ether oxygens (including phenoxy) is 3. The van der Waals surface area contributed by atoms with Gasteiger partial charge in [0.1, 0.15) is 5.75 Å². The number of hydrazone groups is 1. The number of nitrogens with zero attached hydrogens (tertiary/aromatic N) is 4. The molecular formula is C31H33FN6O4. The summed E-state index contributed by atoms with van der Waals surface area (Å²) in [6.07, 6.45) is 11.1. The van der Waals surface area contributed by atoms with Crippen molar-refractivity contribution in [2.24, 2.45) is 5.10 Å². The lowest BCUT2D eigenvalue weighted by atomic mass is 10.1. The third-order valence-electron chi connectivity index (χ3n) is 6.81. The minimum atomic E-state index is -0.654. The van der Waals surface area contributed by atoms with Gasteiger partial charge in [-0.15, -0.1) is 0 Å². The number of likely N-dealkylation sites (tertiary alicyclic amines) is 1. The van der Waals surface area contributed by atoms with E-state index in [1.54, 1.807) is 56.0 Å². The van der Waals surface area contributed by atoms with E-state index in [0.29, 0.717) is 34.8 Å². The number of methoxy groups -OCH3 is 1. The second-order valence-electron chi connectivity index (χ2n) is 9.79. The summed E-state index contributed by atoms with van der Waals surface area (Å²) in [5.74, 6) is 0.867. The molecule has 3 heterocycles. The number of anilines is 1. The summed E-state index contributed by atoms with van der Waals surface area (Å²) >= 11 is 0. The zero-order valence-electron chi connectivity index (χ0n) is 23.4. The van der Waals surface area contributed by atoms with E-state index < -0.39 is 11.8 Å². The van der Waals surface area contributed by atoms with Crippen molar-refractivity contribution in [2.45, 2.75) is 25.7 Å². The molecule has 0 unspecified atom stereocenters. The van der Waals surface area contributed by atoms with Crippen molar-refractivity contribution in [3.05, 3.63) is 78.5 Å². The van der Waals surface area contributed by atoms with Crippen molar-refractivity contribution < 1.29 is 23.4 Å². The second kappa shape index (κ2) is 14.2. The fourth-order valence-electron chi connectivity index (χ4n) is 4.70. The average molecular weight is 573 g/mol. The molecule has 0 spiro atoms. The van der Waals surface area contributed by atoms with Crippen molar-refractivity contribution >= 4 is 28.8 Å². The highest BCUT2D eigenvalue weighted by Gasteiger charge is 2.15. The van der Waals surface area contributed by atoms with Crippen LogP contribution in [0.4, 0.5) is 14.9 Å². The Morgan fingerprint density at radius 3 is 2.62 bits per heavy atom. The van der Waals surface area contributed by atoms with Gasteiger partial charge >= 0.3 is 6.03 Å². The van der Waals surface area contributed by atoms with Crippen molar-refractivity contribution in [3.8, 4) is 23.0 Å². The summed E-state index contributed by atoms with van der Waals surface area (Å²) < 4.78 is 32.5. The van der Waals surface area contributed by atoms with Gasteiger partial charge in [0.2, 0.25) is 0 Å². The van der Waals surface area contributed by atoms with Crippen LogP contribution in [0.5, 0.6) is 23.0 Å². The molecule has 11 heteroatoms. The maximum atomic E-state index is 15.0. The Labute approximate surface area is 243 Å². The molecule has 2 N–H and O–H groups in total. The first kappa shape index (κ1) is 28.7.